The lowest BCUT2D eigenvalue weighted by atomic mass is 10.2. The first kappa shape index (κ1) is 19.0. The number of fused-ring (bicyclic) bond motifs is 1. The molecule has 0 aliphatic carbocycles. The van der Waals surface area contributed by atoms with Crippen LogP contribution in [0.25, 0.3) is 22.2 Å². The third-order valence-electron chi connectivity index (χ3n) is 4.50. The lowest BCUT2D eigenvalue weighted by Gasteiger charge is -2.05. The smallest absolute Gasteiger partial charge is 0.258 e. The lowest BCUT2D eigenvalue weighted by Crippen LogP contribution is -2.23. The molecule has 0 radical (unpaired) electrons. The summed E-state index contributed by atoms with van der Waals surface area (Å²) in [5.41, 5.74) is 1.34. The normalized spacial score (nSPS) is 10.9. The van der Waals surface area contributed by atoms with Gasteiger partial charge in [0.2, 0.25) is 5.91 Å². The number of furan rings is 1. The van der Waals surface area contributed by atoms with Gasteiger partial charge in [-0.15, -0.1) is 0 Å². The first-order chi connectivity index (χ1) is 14.1. The van der Waals surface area contributed by atoms with Crippen molar-refractivity contribution in [3.8, 4) is 11.3 Å². The molecule has 146 valence electrons. The molecule has 7 heteroatoms. The fraction of sp³-hybridized carbons (Fsp3) is 0.136. The summed E-state index contributed by atoms with van der Waals surface area (Å²) >= 11 is 5.90. The van der Waals surface area contributed by atoms with E-state index in [2.05, 4.69) is 15.3 Å². The molecule has 0 aliphatic heterocycles. The van der Waals surface area contributed by atoms with Crippen molar-refractivity contribution >= 4 is 28.4 Å². The second-order valence-corrected chi connectivity index (χ2v) is 7.02. The number of amides is 1. The molecule has 4 rings (SSSR count). The van der Waals surface area contributed by atoms with Crippen molar-refractivity contribution in [1.29, 1.82) is 0 Å². The number of para-hydroxylation sites is 1. The number of aromatic amines is 1. The predicted octanol–water partition coefficient (Wildman–Crippen LogP) is 4.09. The van der Waals surface area contributed by atoms with Crippen molar-refractivity contribution in [2.75, 3.05) is 0 Å². The van der Waals surface area contributed by atoms with Gasteiger partial charge in [0.25, 0.3) is 5.56 Å². The number of benzene rings is 2. The Morgan fingerprint density at radius 1 is 1.07 bits per heavy atom. The highest BCUT2D eigenvalue weighted by Gasteiger charge is 2.09. The first-order valence-corrected chi connectivity index (χ1v) is 9.55. The van der Waals surface area contributed by atoms with Gasteiger partial charge in [-0.2, -0.15) is 0 Å². The van der Waals surface area contributed by atoms with E-state index < -0.39 is 0 Å². The van der Waals surface area contributed by atoms with E-state index in [1.54, 1.807) is 30.3 Å². The molecule has 0 atom stereocenters. The average molecular weight is 408 g/mol. The minimum absolute atomic E-state index is 0.148. The fourth-order valence-corrected chi connectivity index (χ4v) is 3.13. The summed E-state index contributed by atoms with van der Waals surface area (Å²) in [6.07, 6.45) is 0.562. The number of aromatic nitrogens is 2. The molecule has 0 saturated heterocycles. The number of H-pyrrole nitrogens is 1. The lowest BCUT2D eigenvalue weighted by molar-refractivity contribution is -0.121. The van der Waals surface area contributed by atoms with Crippen molar-refractivity contribution in [2.24, 2.45) is 0 Å². The molecule has 29 heavy (non-hydrogen) atoms. The summed E-state index contributed by atoms with van der Waals surface area (Å²) in [4.78, 5) is 31.4. The van der Waals surface area contributed by atoms with Gasteiger partial charge in [0.1, 0.15) is 17.3 Å². The zero-order valence-electron chi connectivity index (χ0n) is 15.4. The van der Waals surface area contributed by atoms with Crippen LogP contribution in [0, 0.1) is 0 Å². The minimum atomic E-state index is -0.198. The van der Waals surface area contributed by atoms with Crippen LogP contribution in [0.4, 0.5) is 0 Å². The van der Waals surface area contributed by atoms with E-state index in [9.17, 15) is 9.59 Å². The summed E-state index contributed by atoms with van der Waals surface area (Å²) in [6, 6.07) is 18.1. The number of rotatable bonds is 6. The number of hydrogen-bond donors (Lipinski definition) is 2. The van der Waals surface area contributed by atoms with Crippen LogP contribution in [0.1, 0.15) is 18.0 Å². The zero-order chi connectivity index (χ0) is 20.2. The van der Waals surface area contributed by atoms with Crippen LogP contribution >= 0.6 is 11.6 Å². The Bertz CT molecular complexity index is 1210. The molecule has 0 saturated carbocycles. The maximum absolute atomic E-state index is 12.2. The molecule has 1 amide bonds. The number of hydrogen-bond acceptors (Lipinski definition) is 4. The van der Waals surface area contributed by atoms with E-state index in [1.807, 2.05) is 30.3 Å². The topological polar surface area (TPSA) is 88.0 Å². The van der Waals surface area contributed by atoms with E-state index in [-0.39, 0.29) is 24.4 Å². The van der Waals surface area contributed by atoms with Crippen LogP contribution in [0.3, 0.4) is 0 Å². The van der Waals surface area contributed by atoms with Gasteiger partial charge in [0.05, 0.1) is 17.4 Å². The van der Waals surface area contributed by atoms with E-state index in [0.717, 1.165) is 5.56 Å². The second-order valence-electron chi connectivity index (χ2n) is 6.58. The van der Waals surface area contributed by atoms with Crippen molar-refractivity contribution < 1.29 is 9.21 Å². The maximum atomic E-state index is 12.2. The first-order valence-electron chi connectivity index (χ1n) is 9.18. The number of aryl methyl sites for hydroxylation is 1. The summed E-state index contributed by atoms with van der Waals surface area (Å²) < 4.78 is 5.77. The van der Waals surface area contributed by atoms with Gasteiger partial charge in [0, 0.05) is 23.4 Å². The van der Waals surface area contributed by atoms with E-state index >= 15 is 0 Å². The SMILES string of the molecule is O=C(CCc1nc2ccccc2c(=O)[nH]1)NCc1ccc(-c2ccc(Cl)cc2)o1. The number of carbonyl (C=O) groups excluding carboxylic acids is 1. The van der Waals surface area contributed by atoms with Crippen molar-refractivity contribution in [3.63, 3.8) is 0 Å². The molecule has 0 unspecified atom stereocenters. The molecule has 2 N–H and O–H groups in total. The highest BCUT2D eigenvalue weighted by molar-refractivity contribution is 6.30. The number of nitrogens with zero attached hydrogens (tertiary/aromatic N) is 1. The molecule has 4 aromatic rings. The monoisotopic (exact) mass is 407 g/mol. The van der Waals surface area contributed by atoms with Crippen molar-refractivity contribution in [2.45, 2.75) is 19.4 Å². The quantitative estimate of drug-likeness (QED) is 0.504. The number of halogens is 1. The molecular weight excluding hydrogens is 390 g/mol. The van der Waals surface area contributed by atoms with Crippen LogP contribution in [0.5, 0.6) is 0 Å². The van der Waals surface area contributed by atoms with Gasteiger partial charge in [-0.3, -0.25) is 9.59 Å². The van der Waals surface area contributed by atoms with E-state index in [0.29, 0.717) is 39.7 Å². The van der Waals surface area contributed by atoms with Crippen molar-refractivity contribution in [1.82, 2.24) is 15.3 Å². The summed E-state index contributed by atoms with van der Waals surface area (Å²) in [5, 5.41) is 4.02. The maximum Gasteiger partial charge on any atom is 0.258 e. The Kier molecular flexibility index (Phi) is 5.44. The van der Waals surface area contributed by atoms with Gasteiger partial charge in [-0.25, -0.2) is 4.98 Å². The molecule has 2 heterocycles. The second kappa shape index (κ2) is 8.32. The van der Waals surface area contributed by atoms with Crippen LogP contribution < -0.4 is 10.9 Å². The Morgan fingerprint density at radius 2 is 1.86 bits per heavy atom. The largest absolute Gasteiger partial charge is 0.459 e. The highest BCUT2D eigenvalue weighted by atomic mass is 35.5. The van der Waals surface area contributed by atoms with E-state index in [1.165, 1.54) is 0 Å². The van der Waals surface area contributed by atoms with Gasteiger partial charge in [-0.05, 0) is 48.5 Å². The summed E-state index contributed by atoms with van der Waals surface area (Å²) in [6.45, 7) is 0.286. The summed E-state index contributed by atoms with van der Waals surface area (Å²) in [5.74, 6) is 1.71. The molecule has 2 aromatic heterocycles. The van der Waals surface area contributed by atoms with Crippen LogP contribution in [0.15, 0.2) is 69.9 Å². The summed E-state index contributed by atoms with van der Waals surface area (Å²) in [7, 11) is 0. The third kappa shape index (κ3) is 4.55. The predicted molar refractivity (Wildman–Crippen MR) is 112 cm³/mol. The molecule has 0 aliphatic rings. The molecule has 0 fully saturated rings. The molecule has 0 spiro atoms. The van der Waals surface area contributed by atoms with Crippen LogP contribution in [-0.2, 0) is 17.8 Å². The molecule has 6 nitrogen and oxygen atoms in total. The number of nitrogens with one attached hydrogen (secondary N) is 2. The van der Waals surface area contributed by atoms with Gasteiger partial charge >= 0.3 is 0 Å². The van der Waals surface area contributed by atoms with E-state index in [4.69, 9.17) is 16.0 Å². The Morgan fingerprint density at radius 3 is 2.69 bits per heavy atom. The van der Waals surface area contributed by atoms with Gasteiger partial charge < -0.3 is 14.7 Å². The number of carbonyl (C=O) groups is 1. The molecular formula is C22H18ClN3O3. The Hall–Kier alpha value is -3.38. The highest BCUT2D eigenvalue weighted by Crippen LogP contribution is 2.23. The fourth-order valence-electron chi connectivity index (χ4n) is 3.00. The van der Waals surface area contributed by atoms with Crippen LogP contribution in [0.2, 0.25) is 5.02 Å². The van der Waals surface area contributed by atoms with Gasteiger partial charge in [-0.1, -0.05) is 23.7 Å². The average Bonchev–Trinajstić information content (AvgIpc) is 3.20. The van der Waals surface area contributed by atoms with Crippen LogP contribution in [-0.4, -0.2) is 15.9 Å². The Labute approximate surface area is 171 Å². The van der Waals surface area contributed by atoms with Gasteiger partial charge in [0.15, 0.2) is 0 Å². The molecule has 0 bridgehead atoms. The van der Waals surface area contributed by atoms with Crippen molar-refractivity contribution in [3.05, 3.63) is 87.6 Å². The molecule has 2 aromatic carbocycles. The zero-order valence-corrected chi connectivity index (χ0v) is 16.2. The minimum Gasteiger partial charge on any atom is -0.459 e. The standard InChI is InChI=1S/C22H18ClN3O3/c23-15-7-5-14(6-8-15)19-10-9-16(29-19)13-24-21(27)12-11-20-25-18-4-2-1-3-17(18)22(28)26-20/h1-10H,11-13H2,(H,24,27)(H,25,26,28). The third-order valence-corrected chi connectivity index (χ3v) is 4.75. The Balaban J connectivity index is 1.33.